The highest BCUT2D eigenvalue weighted by molar-refractivity contribution is 5.91. The third-order valence-electron chi connectivity index (χ3n) is 4.49. The summed E-state index contributed by atoms with van der Waals surface area (Å²) in [5.41, 5.74) is 0.730. The van der Waals surface area contributed by atoms with Crippen LogP contribution in [0.25, 0.3) is 0 Å². The van der Waals surface area contributed by atoms with E-state index in [1.54, 1.807) is 19.9 Å². The Bertz CT molecular complexity index is 599. The molecule has 2 heterocycles. The van der Waals surface area contributed by atoms with E-state index < -0.39 is 18.2 Å². The van der Waals surface area contributed by atoms with Gasteiger partial charge in [-0.1, -0.05) is 25.5 Å². The number of fused-ring (bicyclic) bond motifs is 3. The highest BCUT2D eigenvalue weighted by Crippen LogP contribution is 2.34. The van der Waals surface area contributed by atoms with Crippen molar-refractivity contribution in [3.05, 3.63) is 23.8 Å². The number of allylic oxidation sites excluding steroid dienone is 1. The molecule has 3 rings (SSSR count). The van der Waals surface area contributed by atoms with Crippen molar-refractivity contribution in [3.8, 4) is 0 Å². The third-order valence-corrected chi connectivity index (χ3v) is 4.49. The van der Waals surface area contributed by atoms with Crippen molar-refractivity contribution >= 4 is 18.0 Å². The number of ether oxygens (including phenoxy) is 2. The highest BCUT2D eigenvalue weighted by Gasteiger charge is 2.45. The molecule has 2 amide bonds. The lowest BCUT2D eigenvalue weighted by Gasteiger charge is -2.44. The van der Waals surface area contributed by atoms with Gasteiger partial charge in [0.05, 0.1) is 25.3 Å². The van der Waals surface area contributed by atoms with Gasteiger partial charge in [0.15, 0.2) is 5.78 Å². The van der Waals surface area contributed by atoms with E-state index in [2.05, 4.69) is 0 Å². The molecule has 0 unspecified atom stereocenters. The molecule has 2 aliphatic heterocycles. The van der Waals surface area contributed by atoms with Crippen molar-refractivity contribution in [2.75, 3.05) is 13.2 Å². The van der Waals surface area contributed by atoms with Crippen molar-refractivity contribution < 1.29 is 23.9 Å². The van der Waals surface area contributed by atoms with Gasteiger partial charge >= 0.3 is 12.2 Å². The van der Waals surface area contributed by atoms with Crippen LogP contribution in [0.15, 0.2) is 23.8 Å². The van der Waals surface area contributed by atoms with Crippen LogP contribution in [0.2, 0.25) is 0 Å². The normalized spacial score (nSPS) is 23.1. The molecular formula is C19H28N2O5. The lowest BCUT2D eigenvalue weighted by atomic mass is 9.98. The number of hydrazine groups is 1. The first-order chi connectivity index (χ1) is 12.5. The molecule has 2 bridgehead atoms. The fraction of sp³-hybridized carbons (Fsp3) is 0.632. The number of carbonyl (C=O) groups is 3. The van der Waals surface area contributed by atoms with Crippen LogP contribution in [0, 0.1) is 0 Å². The second-order valence-electron chi connectivity index (χ2n) is 6.32. The number of hydrogen-bond acceptors (Lipinski definition) is 5. The van der Waals surface area contributed by atoms with Gasteiger partial charge in [0.2, 0.25) is 0 Å². The maximum absolute atomic E-state index is 12.6. The van der Waals surface area contributed by atoms with Crippen LogP contribution in [0.1, 0.15) is 52.9 Å². The molecule has 2 atom stereocenters. The Hall–Kier alpha value is -2.31. The van der Waals surface area contributed by atoms with Gasteiger partial charge in [-0.2, -0.15) is 0 Å². The van der Waals surface area contributed by atoms with Gasteiger partial charge in [-0.3, -0.25) is 4.79 Å². The third kappa shape index (κ3) is 4.45. The predicted octanol–water partition coefficient (Wildman–Crippen LogP) is 3.60. The van der Waals surface area contributed by atoms with E-state index in [1.165, 1.54) is 10.0 Å². The lowest BCUT2D eigenvalue weighted by Crippen LogP contribution is -2.60. The second-order valence-corrected chi connectivity index (χ2v) is 6.32. The SMILES string of the molecule is CCCCC(=O)/C=C1\C=C[C@H]2CC[C@@H]1N(C(=O)OCC)N2C(=O)OCC. The molecule has 0 aromatic rings. The Morgan fingerprint density at radius 2 is 1.73 bits per heavy atom. The van der Waals surface area contributed by atoms with Crippen LogP contribution >= 0.6 is 0 Å². The summed E-state index contributed by atoms with van der Waals surface area (Å²) in [6.07, 6.45) is 7.70. The number of unbranched alkanes of at least 4 members (excludes halogenated alkanes) is 1. The molecule has 0 N–H and O–H groups in total. The quantitative estimate of drug-likeness (QED) is 0.673. The van der Waals surface area contributed by atoms with E-state index in [4.69, 9.17) is 9.47 Å². The van der Waals surface area contributed by atoms with Gasteiger partial charge in [0.1, 0.15) is 0 Å². The van der Waals surface area contributed by atoms with E-state index in [9.17, 15) is 14.4 Å². The topological polar surface area (TPSA) is 76.2 Å². The van der Waals surface area contributed by atoms with Crippen LogP contribution < -0.4 is 0 Å². The van der Waals surface area contributed by atoms with Crippen molar-refractivity contribution in [1.82, 2.24) is 10.0 Å². The molecule has 1 aliphatic carbocycles. The van der Waals surface area contributed by atoms with Crippen molar-refractivity contribution in [2.45, 2.75) is 65.0 Å². The van der Waals surface area contributed by atoms with Crippen LogP contribution in [-0.2, 0) is 14.3 Å². The average molecular weight is 364 g/mol. The molecule has 0 saturated carbocycles. The lowest BCUT2D eigenvalue weighted by molar-refractivity contribution is -0.114. The summed E-state index contributed by atoms with van der Waals surface area (Å²) < 4.78 is 10.3. The van der Waals surface area contributed by atoms with Gasteiger partial charge in [-0.15, -0.1) is 0 Å². The molecule has 0 aromatic carbocycles. The average Bonchev–Trinajstić information content (AvgIpc) is 2.90. The second kappa shape index (κ2) is 9.40. The van der Waals surface area contributed by atoms with E-state index in [1.807, 2.05) is 19.1 Å². The zero-order chi connectivity index (χ0) is 19.1. The summed E-state index contributed by atoms with van der Waals surface area (Å²) in [7, 11) is 0. The fourth-order valence-electron chi connectivity index (χ4n) is 3.27. The van der Waals surface area contributed by atoms with Gasteiger partial charge in [0.25, 0.3) is 0 Å². The minimum Gasteiger partial charge on any atom is -0.448 e. The molecule has 0 spiro atoms. The number of nitrogens with zero attached hydrogens (tertiary/aromatic N) is 2. The van der Waals surface area contributed by atoms with Gasteiger partial charge in [0, 0.05) is 6.42 Å². The summed E-state index contributed by atoms with van der Waals surface area (Å²) >= 11 is 0. The standard InChI is InChI=1S/C19H28N2O5/c1-4-7-8-16(22)13-14-9-10-15-11-12-17(14)21(19(24)26-6-3)20(15)18(23)25-5-2/h9-10,13,15,17H,4-8,11-12H2,1-3H3/b14-13+/t15-,17-/m0/s1. The first-order valence-corrected chi connectivity index (χ1v) is 9.37. The van der Waals surface area contributed by atoms with E-state index >= 15 is 0 Å². The maximum Gasteiger partial charge on any atom is 0.429 e. The molecule has 0 radical (unpaired) electrons. The Morgan fingerprint density at radius 1 is 1.08 bits per heavy atom. The molecule has 1 saturated heterocycles. The van der Waals surface area contributed by atoms with Crippen molar-refractivity contribution in [1.29, 1.82) is 0 Å². The van der Waals surface area contributed by atoms with Crippen LogP contribution in [0.5, 0.6) is 0 Å². The number of carbonyl (C=O) groups excluding carboxylic acids is 3. The Balaban J connectivity index is 2.35. The van der Waals surface area contributed by atoms with Crippen molar-refractivity contribution in [2.24, 2.45) is 0 Å². The van der Waals surface area contributed by atoms with Gasteiger partial charge < -0.3 is 9.47 Å². The number of rotatable bonds is 6. The first-order valence-electron chi connectivity index (χ1n) is 9.37. The zero-order valence-electron chi connectivity index (χ0n) is 15.8. The molecular weight excluding hydrogens is 336 g/mol. The minimum atomic E-state index is -0.606. The number of amides is 2. The number of ketones is 1. The molecule has 3 aliphatic rings. The largest absolute Gasteiger partial charge is 0.448 e. The number of hydrogen-bond donors (Lipinski definition) is 0. The molecule has 0 aromatic heterocycles. The Kier molecular flexibility index (Phi) is 7.24. The maximum atomic E-state index is 12.6. The summed E-state index contributed by atoms with van der Waals surface area (Å²) in [6, 6.07) is -0.717. The van der Waals surface area contributed by atoms with Gasteiger partial charge in [-0.05, 0) is 44.8 Å². The first kappa shape index (κ1) is 20.0. The van der Waals surface area contributed by atoms with E-state index in [0.29, 0.717) is 19.3 Å². The Labute approximate surface area is 154 Å². The minimum absolute atomic E-state index is 0.0309. The smallest absolute Gasteiger partial charge is 0.429 e. The monoisotopic (exact) mass is 364 g/mol. The summed E-state index contributed by atoms with van der Waals surface area (Å²) in [5, 5.41) is 2.64. The van der Waals surface area contributed by atoms with E-state index in [0.717, 1.165) is 18.4 Å². The summed E-state index contributed by atoms with van der Waals surface area (Å²) in [5.74, 6) is 0.0309. The van der Waals surface area contributed by atoms with Crippen molar-refractivity contribution in [3.63, 3.8) is 0 Å². The van der Waals surface area contributed by atoms with Crippen LogP contribution in [-0.4, -0.2) is 53.3 Å². The highest BCUT2D eigenvalue weighted by atomic mass is 16.6. The molecule has 144 valence electrons. The van der Waals surface area contributed by atoms with E-state index in [-0.39, 0.29) is 25.0 Å². The summed E-state index contributed by atoms with van der Waals surface area (Å²) in [6.45, 7) is 5.88. The molecule has 7 heteroatoms. The summed E-state index contributed by atoms with van der Waals surface area (Å²) in [4.78, 5) is 37.3. The van der Waals surface area contributed by atoms with Crippen LogP contribution in [0.3, 0.4) is 0 Å². The van der Waals surface area contributed by atoms with Crippen LogP contribution in [0.4, 0.5) is 9.59 Å². The predicted molar refractivity (Wildman–Crippen MR) is 96.3 cm³/mol. The zero-order valence-corrected chi connectivity index (χ0v) is 15.8. The molecule has 7 nitrogen and oxygen atoms in total. The molecule has 26 heavy (non-hydrogen) atoms. The van der Waals surface area contributed by atoms with Gasteiger partial charge in [-0.25, -0.2) is 19.6 Å². The Morgan fingerprint density at radius 3 is 2.35 bits per heavy atom. The fourth-order valence-corrected chi connectivity index (χ4v) is 3.27. The molecule has 1 fully saturated rings.